The van der Waals surface area contributed by atoms with Gasteiger partial charge in [-0.05, 0) is 18.2 Å². The van der Waals surface area contributed by atoms with E-state index in [0.29, 0.717) is 12.4 Å². The van der Waals surface area contributed by atoms with Gasteiger partial charge in [0.05, 0.1) is 11.2 Å². The first-order valence-corrected chi connectivity index (χ1v) is 10.3. The number of carbonyl (C=O) groups is 1. The molecule has 0 radical (unpaired) electrons. The van der Waals surface area contributed by atoms with Crippen LogP contribution in [0.4, 0.5) is 0 Å². The molecular weight excluding hydrogens is 254 g/mol. The minimum Gasteiger partial charge on any atom is -0.361 e. The van der Waals surface area contributed by atoms with Crippen LogP contribution < -0.4 is 0 Å². The highest BCUT2D eigenvalue weighted by atomic mass is 28.3. The Morgan fingerprint density at radius 2 is 2.00 bits per heavy atom. The monoisotopic (exact) mass is 275 g/mol. The molecule has 2 rings (SSSR count). The molecule has 0 bridgehead atoms. The molecule has 4 heteroatoms. The molecule has 19 heavy (non-hydrogen) atoms. The van der Waals surface area contributed by atoms with Gasteiger partial charge in [-0.2, -0.15) is 0 Å². The van der Waals surface area contributed by atoms with Crippen molar-refractivity contribution in [3.05, 3.63) is 36.0 Å². The van der Waals surface area contributed by atoms with Crippen LogP contribution in [-0.2, 0) is 11.5 Å². The lowest BCUT2D eigenvalue weighted by atomic mass is 10.2. The van der Waals surface area contributed by atoms with Crippen molar-refractivity contribution in [1.82, 2.24) is 4.57 Å². The van der Waals surface area contributed by atoms with E-state index in [1.807, 2.05) is 34.9 Å². The molecule has 0 fully saturated rings. The highest BCUT2D eigenvalue weighted by Crippen LogP contribution is 2.19. The Morgan fingerprint density at radius 3 is 2.68 bits per heavy atom. The van der Waals surface area contributed by atoms with Crippen LogP contribution in [0.1, 0.15) is 10.5 Å². The minimum absolute atomic E-state index is 0.450. The molecule has 0 aliphatic carbocycles. The maximum atomic E-state index is 11.1. The van der Waals surface area contributed by atoms with Crippen molar-refractivity contribution in [2.45, 2.75) is 32.4 Å². The van der Waals surface area contributed by atoms with Gasteiger partial charge in [0, 0.05) is 20.1 Å². The Bertz CT molecular complexity index is 569. The molecular formula is C15H21NO2Si. The lowest BCUT2D eigenvalue weighted by molar-refractivity contribution is 0.0863. The molecule has 0 aliphatic rings. The standard InChI is InChI=1S/C15H21NO2Si/c1-19(2,3)9-8-18-12-16-14(11-17)10-13-6-4-5-7-15(13)16/h4-7,10-11H,8-9,12H2,1-3H3. The van der Waals surface area contributed by atoms with Crippen LogP contribution in [0, 0.1) is 0 Å². The first-order chi connectivity index (χ1) is 9.01. The summed E-state index contributed by atoms with van der Waals surface area (Å²) in [6, 6.07) is 11.0. The van der Waals surface area contributed by atoms with E-state index in [1.54, 1.807) is 0 Å². The summed E-state index contributed by atoms with van der Waals surface area (Å²) in [6.07, 6.45) is 0.891. The molecule has 0 atom stereocenters. The number of nitrogens with zero attached hydrogens (tertiary/aromatic N) is 1. The van der Waals surface area contributed by atoms with E-state index < -0.39 is 8.07 Å². The van der Waals surface area contributed by atoms with Crippen LogP contribution in [0.3, 0.4) is 0 Å². The fourth-order valence-corrected chi connectivity index (χ4v) is 2.76. The van der Waals surface area contributed by atoms with Crippen molar-refractivity contribution in [2.75, 3.05) is 6.61 Å². The predicted octanol–water partition coefficient (Wildman–Crippen LogP) is 3.77. The van der Waals surface area contributed by atoms with Crippen LogP contribution in [-0.4, -0.2) is 25.5 Å². The van der Waals surface area contributed by atoms with Crippen LogP contribution in [0.2, 0.25) is 25.7 Å². The molecule has 1 aromatic carbocycles. The summed E-state index contributed by atoms with van der Waals surface area (Å²) >= 11 is 0. The quantitative estimate of drug-likeness (QED) is 0.456. The lowest BCUT2D eigenvalue weighted by Crippen LogP contribution is -2.22. The summed E-state index contributed by atoms with van der Waals surface area (Å²) in [5.41, 5.74) is 1.73. The summed E-state index contributed by atoms with van der Waals surface area (Å²) in [7, 11) is -1.06. The second-order valence-electron chi connectivity index (χ2n) is 6.02. The van der Waals surface area contributed by atoms with Gasteiger partial charge >= 0.3 is 0 Å². The van der Waals surface area contributed by atoms with Crippen molar-refractivity contribution in [3.63, 3.8) is 0 Å². The number of fused-ring (bicyclic) bond motifs is 1. The van der Waals surface area contributed by atoms with Crippen LogP contribution in [0.15, 0.2) is 30.3 Å². The molecule has 1 heterocycles. The highest BCUT2D eigenvalue weighted by molar-refractivity contribution is 6.76. The molecule has 2 aromatic rings. The fraction of sp³-hybridized carbons (Fsp3) is 0.400. The summed E-state index contributed by atoms with van der Waals surface area (Å²) in [6.45, 7) is 8.21. The smallest absolute Gasteiger partial charge is 0.166 e. The molecule has 0 amide bonds. The number of hydrogen-bond donors (Lipinski definition) is 0. The third-order valence-electron chi connectivity index (χ3n) is 3.18. The Balaban J connectivity index is 2.09. The van der Waals surface area contributed by atoms with E-state index in [1.165, 1.54) is 0 Å². The number of rotatable bonds is 6. The third-order valence-corrected chi connectivity index (χ3v) is 4.88. The second-order valence-corrected chi connectivity index (χ2v) is 11.6. The van der Waals surface area contributed by atoms with Gasteiger partial charge in [0.15, 0.2) is 6.29 Å². The minimum atomic E-state index is -1.06. The molecule has 1 aromatic heterocycles. The zero-order valence-electron chi connectivity index (χ0n) is 11.8. The van der Waals surface area contributed by atoms with E-state index in [9.17, 15) is 4.79 Å². The Morgan fingerprint density at radius 1 is 1.26 bits per heavy atom. The number of hydrogen-bond acceptors (Lipinski definition) is 2. The summed E-state index contributed by atoms with van der Waals surface area (Å²) in [4.78, 5) is 11.1. The molecule has 0 unspecified atom stereocenters. The van der Waals surface area contributed by atoms with E-state index in [-0.39, 0.29) is 0 Å². The molecule has 102 valence electrons. The zero-order valence-corrected chi connectivity index (χ0v) is 12.8. The number of para-hydroxylation sites is 1. The number of aromatic nitrogens is 1. The van der Waals surface area contributed by atoms with Crippen LogP contribution >= 0.6 is 0 Å². The fourth-order valence-electron chi connectivity index (χ4n) is 2.01. The molecule has 3 nitrogen and oxygen atoms in total. The topological polar surface area (TPSA) is 31.2 Å². The predicted molar refractivity (Wildman–Crippen MR) is 81.4 cm³/mol. The average Bonchev–Trinajstić information content (AvgIpc) is 2.71. The zero-order chi connectivity index (χ0) is 13.9. The van der Waals surface area contributed by atoms with Crippen molar-refractivity contribution < 1.29 is 9.53 Å². The first-order valence-electron chi connectivity index (χ1n) is 6.62. The average molecular weight is 275 g/mol. The Labute approximate surface area is 115 Å². The first kappa shape index (κ1) is 14.0. The van der Waals surface area contributed by atoms with Crippen molar-refractivity contribution in [2.24, 2.45) is 0 Å². The van der Waals surface area contributed by atoms with Crippen molar-refractivity contribution in [3.8, 4) is 0 Å². The van der Waals surface area contributed by atoms with Gasteiger partial charge in [-0.3, -0.25) is 4.79 Å². The summed E-state index contributed by atoms with van der Waals surface area (Å²) in [5.74, 6) is 0. The molecule has 0 saturated heterocycles. The normalized spacial score (nSPS) is 11.9. The Hall–Kier alpha value is -1.39. The summed E-state index contributed by atoms with van der Waals surface area (Å²) < 4.78 is 7.68. The van der Waals surface area contributed by atoms with E-state index in [0.717, 1.165) is 29.8 Å². The second kappa shape index (κ2) is 5.71. The number of ether oxygens (including phenoxy) is 1. The van der Waals surface area contributed by atoms with Crippen LogP contribution in [0.5, 0.6) is 0 Å². The van der Waals surface area contributed by atoms with Gasteiger partial charge in [0.1, 0.15) is 6.73 Å². The van der Waals surface area contributed by atoms with Gasteiger partial charge in [-0.1, -0.05) is 37.8 Å². The maximum absolute atomic E-state index is 11.1. The molecule has 0 spiro atoms. The molecule has 0 saturated carbocycles. The van der Waals surface area contributed by atoms with Crippen LogP contribution in [0.25, 0.3) is 10.9 Å². The SMILES string of the molecule is C[Si](C)(C)CCOCn1c(C=O)cc2ccccc21. The lowest BCUT2D eigenvalue weighted by Gasteiger charge is -2.16. The summed E-state index contributed by atoms with van der Waals surface area (Å²) in [5, 5.41) is 1.08. The van der Waals surface area contributed by atoms with E-state index in [2.05, 4.69) is 19.6 Å². The molecule has 0 aliphatic heterocycles. The van der Waals surface area contributed by atoms with Crippen molar-refractivity contribution >= 4 is 25.3 Å². The van der Waals surface area contributed by atoms with Gasteiger partial charge in [-0.15, -0.1) is 0 Å². The number of aldehydes is 1. The van der Waals surface area contributed by atoms with E-state index >= 15 is 0 Å². The van der Waals surface area contributed by atoms with Crippen molar-refractivity contribution in [1.29, 1.82) is 0 Å². The van der Waals surface area contributed by atoms with E-state index in [4.69, 9.17) is 4.74 Å². The number of carbonyl (C=O) groups excluding carboxylic acids is 1. The van der Waals surface area contributed by atoms with Gasteiger partial charge in [0.25, 0.3) is 0 Å². The third kappa shape index (κ3) is 3.55. The largest absolute Gasteiger partial charge is 0.361 e. The van der Waals surface area contributed by atoms with Gasteiger partial charge in [-0.25, -0.2) is 0 Å². The number of benzene rings is 1. The maximum Gasteiger partial charge on any atom is 0.166 e. The van der Waals surface area contributed by atoms with Gasteiger partial charge in [0.2, 0.25) is 0 Å². The van der Waals surface area contributed by atoms with Gasteiger partial charge < -0.3 is 9.30 Å². The Kier molecular flexibility index (Phi) is 4.22. The molecule has 0 N–H and O–H groups in total. The highest BCUT2D eigenvalue weighted by Gasteiger charge is 2.13.